The molecule has 4 N–H and O–H groups in total. The molecule has 7 atom stereocenters. The first-order chi connectivity index (χ1) is 69.2. The predicted molar refractivity (Wildman–Crippen MR) is 516 cm³/mol. The first kappa shape index (κ1) is 107. The highest BCUT2D eigenvalue weighted by atomic mass is 19.4. The van der Waals surface area contributed by atoms with Gasteiger partial charge in [0, 0.05) is 133 Å². The minimum Gasteiger partial charge on any atom is -0.389 e. The highest BCUT2D eigenvalue weighted by molar-refractivity contribution is 5.91. The molecule has 146 heavy (non-hydrogen) atoms. The van der Waals surface area contributed by atoms with E-state index in [1.54, 1.807) is 32.3 Å². The van der Waals surface area contributed by atoms with Gasteiger partial charge in [0.05, 0.1) is 102 Å². The molecule has 0 spiro atoms. The Kier molecular flexibility index (Phi) is 32.2. The average molecular weight is 2050 g/mol. The van der Waals surface area contributed by atoms with E-state index >= 15 is 0 Å². The normalized spacial score (nSPS) is 21.4. The molecule has 4 aromatic carbocycles. The summed E-state index contributed by atoms with van der Waals surface area (Å²) < 4.78 is 207. The summed E-state index contributed by atoms with van der Waals surface area (Å²) >= 11 is 0. The lowest BCUT2D eigenvalue weighted by Gasteiger charge is -2.42. The van der Waals surface area contributed by atoms with Gasteiger partial charge >= 0.3 is 24.7 Å². The monoisotopic (exact) mass is 2050 g/mol. The third-order valence-electron chi connectivity index (χ3n) is 28.1. The van der Waals surface area contributed by atoms with E-state index in [1.807, 2.05) is 61.6 Å². The fraction of sp³-hybridized carbons (Fsp3) is 0.495. The van der Waals surface area contributed by atoms with Gasteiger partial charge in [0.1, 0.15) is 112 Å². The van der Waals surface area contributed by atoms with Crippen LogP contribution < -0.4 is 19.6 Å². The summed E-state index contributed by atoms with van der Waals surface area (Å²) in [5, 5.41) is 46.9. The second kappa shape index (κ2) is 44.1. The van der Waals surface area contributed by atoms with Crippen molar-refractivity contribution in [3.63, 3.8) is 0 Å². The zero-order valence-corrected chi connectivity index (χ0v) is 81.2. The van der Waals surface area contributed by atoms with Gasteiger partial charge in [-0.15, -0.1) is 0 Å². The van der Waals surface area contributed by atoms with Crippen molar-refractivity contribution in [3.8, 4) is 0 Å². The maximum Gasteiger partial charge on any atom is 0.416 e. The second-order valence-corrected chi connectivity index (χ2v) is 39.7. The third kappa shape index (κ3) is 26.2. The maximum atomic E-state index is 14.9. The van der Waals surface area contributed by atoms with E-state index in [0.717, 1.165) is 137 Å². The zero-order chi connectivity index (χ0) is 104. The lowest BCUT2D eigenvalue weighted by atomic mass is 9.88. The van der Waals surface area contributed by atoms with Crippen LogP contribution >= 0.6 is 0 Å². The number of hydrogen-bond acceptors (Lipinski definition) is 24. The number of likely N-dealkylation sites (tertiary alicyclic amines) is 4. The highest BCUT2D eigenvalue weighted by Gasteiger charge is 2.48. The minimum atomic E-state index is -4.39. The first-order valence-corrected chi connectivity index (χ1v) is 48.8. The smallest absolute Gasteiger partial charge is 0.389 e. The summed E-state index contributed by atoms with van der Waals surface area (Å²) in [5.41, 5.74) is -0.0624. The number of aliphatic hydroxyl groups is 4. The summed E-state index contributed by atoms with van der Waals surface area (Å²) in [6.45, 7) is 13.9. The molecule has 28 nitrogen and oxygen atoms in total. The number of carbonyl (C=O) groups is 4. The molecule has 4 saturated heterocycles. The van der Waals surface area contributed by atoms with Crippen molar-refractivity contribution >= 4 is 90.5 Å². The van der Waals surface area contributed by atoms with Gasteiger partial charge < -0.3 is 58.3 Å². The lowest BCUT2D eigenvalue weighted by Crippen LogP contribution is -2.58. The SMILES string of the molecule is CC(=O)CN1CCC(Cn2ccc3c(N(Cc4ccc(C(F)(F)F)cc4)C4CC4)ncnc32)C(F)(F)C1.CC(=O)CN1CCC(Cn2ccc3c(N(Cc4ccc(C(F)(F)F)cc4)C4CC4)ncnc32)[C@@H](F)C1.CC(=O)CN1CC[C@@](O)(Cn2ccc3c(N(Cc4ccc(C(F)(F)F)cc4)C4CC4)ncnc32)[C@H](O)C1.CCN(Cc1ccc(C(F)(F)F)cc1)c1ncnc2c1ccn2C[C@]1(O)CCN(CC(C)=O)C[C@H]1O. The van der Waals surface area contributed by atoms with Crippen LogP contribution in [0.15, 0.2) is 171 Å². The molecule has 12 heterocycles. The molecule has 7 aliphatic rings. The summed E-state index contributed by atoms with van der Waals surface area (Å²) in [6.07, 6.45) is -0.257. The van der Waals surface area contributed by atoms with Gasteiger partial charge in [-0.25, -0.2) is 53.0 Å². The Balaban J connectivity index is 0.000000139. The first-order valence-electron chi connectivity index (χ1n) is 48.8. The number of alkyl halides is 15. The molecular weight excluding hydrogens is 1930 g/mol. The van der Waals surface area contributed by atoms with Crippen LogP contribution in [0.4, 0.5) is 89.1 Å². The van der Waals surface area contributed by atoms with Crippen molar-refractivity contribution in [2.45, 2.75) is 230 Å². The number of aromatic nitrogens is 12. The van der Waals surface area contributed by atoms with Gasteiger partial charge in [0.25, 0.3) is 5.92 Å². The van der Waals surface area contributed by atoms with Crippen molar-refractivity contribution in [1.29, 1.82) is 0 Å². The minimum absolute atomic E-state index is 0.00467. The summed E-state index contributed by atoms with van der Waals surface area (Å²) in [7, 11) is 0. The van der Waals surface area contributed by atoms with E-state index in [9.17, 15) is 105 Å². The molecule has 43 heteroatoms. The molecule has 4 aliphatic heterocycles. The largest absolute Gasteiger partial charge is 0.416 e. The van der Waals surface area contributed by atoms with Gasteiger partial charge in [-0.05, 0) is 207 Å². The number of piperidine rings is 4. The lowest BCUT2D eigenvalue weighted by molar-refractivity contribution is -0.138. The topological polar surface area (TPSA) is 298 Å². The van der Waals surface area contributed by atoms with Gasteiger partial charge in [-0.3, -0.25) is 38.8 Å². The van der Waals surface area contributed by atoms with Gasteiger partial charge in [0.15, 0.2) is 0 Å². The number of nitrogens with zero attached hydrogens (tertiary/aromatic N) is 20. The van der Waals surface area contributed by atoms with E-state index < -0.39 is 94.9 Å². The van der Waals surface area contributed by atoms with Crippen LogP contribution in [0.5, 0.6) is 0 Å². The van der Waals surface area contributed by atoms with Crippen molar-refractivity contribution in [2.75, 3.05) is 105 Å². The molecule has 0 radical (unpaired) electrons. The molecule has 7 fully saturated rings. The third-order valence-corrected chi connectivity index (χ3v) is 28.1. The van der Waals surface area contributed by atoms with E-state index in [2.05, 4.69) is 54.6 Å². The number of rotatable bonds is 32. The van der Waals surface area contributed by atoms with Gasteiger partial charge in [-0.2, -0.15) is 52.7 Å². The molecule has 12 aromatic rings. The summed E-state index contributed by atoms with van der Waals surface area (Å²) in [4.78, 5) is 96.5. The van der Waals surface area contributed by atoms with Crippen molar-refractivity contribution in [2.24, 2.45) is 11.8 Å². The molecule has 3 aliphatic carbocycles. The predicted octanol–water partition coefficient (Wildman–Crippen LogP) is 15.9. The van der Waals surface area contributed by atoms with E-state index in [0.29, 0.717) is 125 Å². The Morgan fingerprint density at radius 1 is 0.377 bits per heavy atom. The highest BCUT2D eigenvalue weighted by Crippen LogP contribution is 2.45. The number of halogens is 15. The van der Waals surface area contributed by atoms with E-state index in [-0.39, 0.29) is 119 Å². The Bertz CT molecular complexity index is 6530. The number of Topliss-reactive ketones (excluding diaryl/α,β-unsaturated/α-hetero) is 4. The maximum absolute atomic E-state index is 14.9. The van der Waals surface area contributed by atoms with E-state index in [1.165, 1.54) is 106 Å². The Morgan fingerprint density at radius 2 is 0.678 bits per heavy atom. The number of aliphatic hydroxyl groups excluding tert-OH is 2. The van der Waals surface area contributed by atoms with Crippen LogP contribution in [-0.4, -0.2) is 260 Å². The molecule has 0 bridgehead atoms. The Hall–Kier alpha value is -12.1. The van der Waals surface area contributed by atoms with Crippen LogP contribution in [-0.2, 0) is 96.2 Å². The molecular formula is C103H117F15N20O8. The standard InChI is InChI=1S/C26H28F5N5O.C26H29F4N5O.C26H30F3N5O3.C25H30F3N5O3/c1-17(37)12-34-10-8-20(25(27,28)15-34)14-35-11-9-22-23(35)32-16-33-24(22)36(21-6-7-21)13-18-2-4-19(5-3-18)26(29,30)31;1-17(36)12-33-10-8-19(23(27)15-33)14-34-11-9-22-24(34)31-16-32-25(22)35(21-6-7-21)13-18-2-4-20(5-3-18)26(28,29)30;1-17(35)12-32-11-9-25(37,22(36)14-32)15-33-10-8-21-23(33)30-16-31-24(21)34(20-6-7-20)13-18-2-4-19(5-3-18)26(27,28)29;1-3-32(13-18-4-6-19(7-5-18)25(26,27)28)22-20-8-10-33(23(20)30-16-29-22)15-24(36)9-11-31(12-17(2)34)14-21(24)35/h2-5,9,11,16,20-21H,6-8,10,12-15H2,1H3;2-5,9,11,16,19,21,23H,6-8,10,12-15H2,1H3;2-5,8,10,16,20,22,36-37H,6-7,9,11-15H2,1H3;4-8,10,16,21,35-36H,3,9,11-15H2,1-2H3/t;19?,23-;22-,25-;21-,24-/m.011/s1. The van der Waals surface area contributed by atoms with Crippen molar-refractivity contribution in [3.05, 3.63) is 216 Å². The van der Waals surface area contributed by atoms with Crippen molar-refractivity contribution in [1.82, 2.24) is 77.7 Å². The number of fused-ring (bicyclic) bond motifs is 4. The fourth-order valence-electron chi connectivity index (χ4n) is 19.9. The Morgan fingerprint density at radius 3 is 0.993 bits per heavy atom. The van der Waals surface area contributed by atoms with Crippen LogP contribution in [0, 0.1) is 11.8 Å². The number of hydrogen-bond donors (Lipinski definition) is 4. The van der Waals surface area contributed by atoms with Crippen LogP contribution in [0.25, 0.3) is 44.1 Å². The Labute approximate surface area is 831 Å². The van der Waals surface area contributed by atoms with Gasteiger partial charge in [-0.1, -0.05) is 48.5 Å². The zero-order valence-electron chi connectivity index (χ0n) is 81.2. The molecule has 2 unspecified atom stereocenters. The van der Waals surface area contributed by atoms with E-state index in [4.69, 9.17) is 0 Å². The molecule has 19 rings (SSSR count). The molecule has 3 saturated carbocycles. The summed E-state index contributed by atoms with van der Waals surface area (Å²) in [6, 6.07) is 28.8. The second-order valence-electron chi connectivity index (χ2n) is 39.7. The number of anilines is 4. The number of benzene rings is 4. The van der Waals surface area contributed by atoms with Crippen LogP contribution in [0.1, 0.15) is 143 Å². The van der Waals surface area contributed by atoms with Crippen molar-refractivity contribution < 1.29 is 105 Å². The number of ketones is 4. The average Bonchev–Trinajstić information content (AvgIpc) is 1.61. The summed E-state index contributed by atoms with van der Waals surface area (Å²) in [5.74, 6) is -1.37. The van der Waals surface area contributed by atoms with Crippen LogP contribution in [0.2, 0.25) is 0 Å². The van der Waals surface area contributed by atoms with Crippen LogP contribution in [0.3, 0.4) is 0 Å². The van der Waals surface area contributed by atoms with Gasteiger partial charge in [0.2, 0.25) is 0 Å². The number of β-amino-alcohol motifs (C(OH)–C–C–N with tert-alkyl or cyclic N) is 2. The molecule has 0 amide bonds. The quantitative estimate of drug-likeness (QED) is 0.0285. The fourth-order valence-corrected chi connectivity index (χ4v) is 19.9. The number of carbonyl (C=O) groups excluding carboxylic acids is 4. The molecule has 782 valence electrons. The molecule has 8 aromatic heterocycles.